The molecule has 10 heteroatoms. The third-order valence-electron chi connectivity index (χ3n) is 4.13. The molecule has 160 valence electrons. The molecule has 3 rings (SSSR count). The Morgan fingerprint density at radius 2 is 1.97 bits per heavy atom. The molecule has 1 aliphatic rings. The monoisotopic (exact) mass is 520 g/mol. The van der Waals surface area contributed by atoms with Crippen molar-refractivity contribution in [1.82, 2.24) is 4.90 Å². The molecule has 0 atom stereocenters. The molecule has 1 saturated heterocycles. The Morgan fingerprint density at radius 3 is 2.65 bits per heavy atom. The average molecular weight is 521 g/mol. The van der Waals surface area contributed by atoms with Gasteiger partial charge in [-0.2, -0.15) is 0 Å². The van der Waals surface area contributed by atoms with Crippen LogP contribution in [0.25, 0.3) is 6.08 Å². The third kappa shape index (κ3) is 5.72. The van der Waals surface area contributed by atoms with E-state index in [1.807, 2.05) is 0 Å². The molecule has 1 fully saturated rings. The standard InChI is InChI=1S/C21H17BrN2O5S2/c1-2-29-20(28)12-3-6-15(7-4-12)23-18(26)11-24-19(27)17(31-21(24)30)10-13-9-14(22)5-8-16(13)25/h3-10,25H,2,11H2,1H3,(H,23,26)/b17-10-. The number of ether oxygens (including phenoxy) is 1. The summed E-state index contributed by atoms with van der Waals surface area (Å²) in [6.45, 7) is 1.74. The van der Waals surface area contributed by atoms with Crippen LogP contribution in [0, 0.1) is 0 Å². The van der Waals surface area contributed by atoms with Crippen molar-refractivity contribution >= 4 is 73.8 Å². The Bertz CT molecular complexity index is 1090. The van der Waals surface area contributed by atoms with E-state index < -0.39 is 17.8 Å². The number of nitrogens with zero attached hydrogens (tertiary/aromatic N) is 1. The Hall–Kier alpha value is -2.69. The molecule has 0 unspecified atom stereocenters. The minimum Gasteiger partial charge on any atom is -0.507 e. The first kappa shape index (κ1) is 23.0. The number of benzene rings is 2. The number of hydrogen-bond donors (Lipinski definition) is 2. The number of nitrogens with one attached hydrogen (secondary N) is 1. The summed E-state index contributed by atoms with van der Waals surface area (Å²) in [6, 6.07) is 11.1. The van der Waals surface area contributed by atoms with E-state index in [4.69, 9.17) is 17.0 Å². The van der Waals surface area contributed by atoms with Gasteiger partial charge in [-0.05, 0) is 55.5 Å². The summed E-state index contributed by atoms with van der Waals surface area (Å²) in [6.07, 6.45) is 1.53. The van der Waals surface area contributed by atoms with Crippen LogP contribution in [0.2, 0.25) is 0 Å². The predicted octanol–water partition coefficient (Wildman–Crippen LogP) is 4.17. The largest absolute Gasteiger partial charge is 0.507 e. The van der Waals surface area contributed by atoms with Gasteiger partial charge in [0, 0.05) is 15.7 Å². The zero-order chi connectivity index (χ0) is 22.5. The van der Waals surface area contributed by atoms with Crippen molar-refractivity contribution in [2.45, 2.75) is 6.92 Å². The number of halogens is 1. The van der Waals surface area contributed by atoms with E-state index in [-0.39, 0.29) is 23.2 Å². The van der Waals surface area contributed by atoms with Crippen LogP contribution in [0.1, 0.15) is 22.8 Å². The zero-order valence-electron chi connectivity index (χ0n) is 16.3. The molecule has 0 aromatic heterocycles. The molecule has 0 radical (unpaired) electrons. The number of amides is 2. The van der Waals surface area contributed by atoms with Gasteiger partial charge in [0.25, 0.3) is 5.91 Å². The van der Waals surface area contributed by atoms with E-state index in [2.05, 4.69) is 21.2 Å². The second kappa shape index (κ2) is 10.1. The van der Waals surface area contributed by atoms with Crippen molar-refractivity contribution in [3.8, 4) is 5.75 Å². The van der Waals surface area contributed by atoms with Crippen molar-refractivity contribution in [3.05, 3.63) is 63.0 Å². The number of phenols is 1. The molecule has 2 aromatic rings. The highest BCUT2D eigenvalue weighted by Gasteiger charge is 2.33. The number of esters is 1. The predicted molar refractivity (Wildman–Crippen MR) is 127 cm³/mol. The van der Waals surface area contributed by atoms with Crippen molar-refractivity contribution in [2.24, 2.45) is 0 Å². The van der Waals surface area contributed by atoms with Gasteiger partial charge in [0.1, 0.15) is 16.6 Å². The number of aromatic hydroxyl groups is 1. The van der Waals surface area contributed by atoms with Crippen molar-refractivity contribution in [2.75, 3.05) is 18.5 Å². The number of rotatable bonds is 6. The highest BCUT2D eigenvalue weighted by Crippen LogP contribution is 2.34. The Morgan fingerprint density at radius 1 is 1.26 bits per heavy atom. The van der Waals surface area contributed by atoms with Crippen molar-refractivity contribution < 1.29 is 24.2 Å². The molecule has 31 heavy (non-hydrogen) atoms. The van der Waals surface area contributed by atoms with Gasteiger partial charge in [0.05, 0.1) is 17.1 Å². The lowest BCUT2D eigenvalue weighted by Crippen LogP contribution is -2.36. The SMILES string of the molecule is CCOC(=O)c1ccc(NC(=O)CN2C(=O)/C(=C/c3cc(Br)ccc3O)SC2=S)cc1. The number of hydrogen-bond acceptors (Lipinski definition) is 7. The van der Waals surface area contributed by atoms with Gasteiger partial charge >= 0.3 is 5.97 Å². The Labute approximate surface area is 196 Å². The molecular formula is C21H17BrN2O5S2. The van der Waals surface area contributed by atoms with Gasteiger partial charge in [-0.15, -0.1) is 0 Å². The topological polar surface area (TPSA) is 95.9 Å². The Kier molecular flexibility index (Phi) is 7.47. The summed E-state index contributed by atoms with van der Waals surface area (Å²) in [7, 11) is 0. The summed E-state index contributed by atoms with van der Waals surface area (Å²) in [5.41, 5.74) is 1.30. The summed E-state index contributed by atoms with van der Waals surface area (Å²) in [5, 5.41) is 12.7. The van der Waals surface area contributed by atoms with E-state index >= 15 is 0 Å². The van der Waals surface area contributed by atoms with Gasteiger partial charge in [0.15, 0.2) is 0 Å². The fraction of sp³-hybridized carbons (Fsp3) is 0.143. The number of carbonyl (C=O) groups is 3. The van der Waals surface area contributed by atoms with Crippen LogP contribution in [0.4, 0.5) is 5.69 Å². The second-order valence-corrected chi connectivity index (χ2v) is 8.91. The van der Waals surface area contributed by atoms with Gasteiger partial charge in [0.2, 0.25) is 5.91 Å². The number of thiocarbonyl (C=S) groups is 1. The molecular weight excluding hydrogens is 504 g/mol. The zero-order valence-corrected chi connectivity index (χ0v) is 19.5. The van der Waals surface area contributed by atoms with Crippen LogP contribution in [0.3, 0.4) is 0 Å². The maximum atomic E-state index is 12.7. The van der Waals surface area contributed by atoms with Crippen molar-refractivity contribution in [1.29, 1.82) is 0 Å². The van der Waals surface area contributed by atoms with Crippen molar-refractivity contribution in [3.63, 3.8) is 0 Å². The lowest BCUT2D eigenvalue weighted by atomic mass is 10.2. The average Bonchev–Trinajstić information content (AvgIpc) is 2.99. The normalized spacial score (nSPS) is 14.8. The van der Waals surface area contributed by atoms with Gasteiger partial charge in [-0.3, -0.25) is 14.5 Å². The molecule has 2 aromatic carbocycles. The Balaban J connectivity index is 1.66. The molecule has 0 bridgehead atoms. The minimum atomic E-state index is -0.443. The minimum absolute atomic E-state index is 0.0254. The molecule has 2 N–H and O–H groups in total. The fourth-order valence-corrected chi connectivity index (χ4v) is 4.29. The summed E-state index contributed by atoms with van der Waals surface area (Å²) >= 11 is 9.63. The first-order chi connectivity index (χ1) is 14.8. The van der Waals surface area contributed by atoms with Gasteiger partial charge < -0.3 is 15.2 Å². The van der Waals surface area contributed by atoms with Crippen LogP contribution in [-0.4, -0.2) is 45.3 Å². The van der Waals surface area contributed by atoms with E-state index in [0.717, 1.165) is 16.2 Å². The van der Waals surface area contributed by atoms with Gasteiger partial charge in [-0.1, -0.05) is 39.9 Å². The van der Waals surface area contributed by atoms with E-state index in [9.17, 15) is 19.5 Å². The maximum Gasteiger partial charge on any atom is 0.338 e. The highest BCUT2D eigenvalue weighted by molar-refractivity contribution is 9.10. The molecule has 0 aliphatic carbocycles. The molecule has 2 amide bonds. The summed E-state index contributed by atoms with van der Waals surface area (Å²) < 4.78 is 5.92. The van der Waals surface area contributed by atoms with E-state index in [0.29, 0.717) is 21.7 Å². The fourth-order valence-electron chi connectivity index (χ4n) is 2.67. The lowest BCUT2D eigenvalue weighted by Gasteiger charge is -2.14. The van der Waals surface area contributed by atoms with Crippen LogP contribution >= 0.6 is 39.9 Å². The second-order valence-electron chi connectivity index (χ2n) is 6.32. The molecule has 1 heterocycles. The highest BCUT2D eigenvalue weighted by atomic mass is 79.9. The number of anilines is 1. The quantitative estimate of drug-likeness (QED) is 0.335. The number of phenolic OH excluding ortho intramolecular Hbond substituents is 1. The van der Waals surface area contributed by atoms with Crippen LogP contribution in [0.15, 0.2) is 51.8 Å². The smallest absolute Gasteiger partial charge is 0.338 e. The number of carbonyl (C=O) groups excluding carboxylic acids is 3. The summed E-state index contributed by atoms with van der Waals surface area (Å²) in [5.74, 6) is -1.27. The van der Waals surface area contributed by atoms with Crippen LogP contribution < -0.4 is 5.32 Å². The molecule has 7 nitrogen and oxygen atoms in total. The van der Waals surface area contributed by atoms with Crippen LogP contribution in [-0.2, 0) is 14.3 Å². The molecule has 0 saturated carbocycles. The number of thioether (sulfide) groups is 1. The third-order valence-corrected chi connectivity index (χ3v) is 6.00. The van der Waals surface area contributed by atoms with Gasteiger partial charge in [-0.25, -0.2) is 4.79 Å². The van der Waals surface area contributed by atoms with E-state index in [1.54, 1.807) is 43.3 Å². The molecule has 1 aliphatic heterocycles. The first-order valence-corrected chi connectivity index (χ1v) is 11.1. The lowest BCUT2D eigenvalue weighted by molar-refractivity contribution is -0.126. The first-order valence-electron chi connectivity index (χ1n) is 9.09. The molecule has 0 spiro atoms. The van der Waals surface area contributed by atoms with Crippen LogP contribution in [0.5, 0.6) is 5.75 Å². The van der Waals surface area contributed by atoms with E-state index in [1.165, 1.54) is 17.0 Å². The maximum absolute atomic E-state index is 12.7. The summed E-state index contributed by atoms with van der Waals surface area (Å²) in [4.78, 5) is 38.3.